The van der Waals surface area contributed by atoms with Gasteiger partial charge in [-0.25, -0.2) is 4.79 Å². The van der Waals surface area contributed by atoms with Crippen molar-refractivity contribution in [2.75, 3.05) is 6.61 Å². The molecule has 0 fully saturated rings. The predicted molar refractivity (Wildman–Crippen MR) is 40.0 cm³/mol. The number of rotatable bonds is 0. The van der Waals surface area contributed by atoms with Crippen molar-refractivity contribution in [1.82, 2.24) is 0 Å². The summed E-state index contributed by atoms with van der Waals surface area (Å²) >= 11 is 0. The number of carbonyl (C=O) groups excluding carboxylic acids is 1. The zero-order valence-corrected chi connectivity index (χ0v) is 7.01. The van der Waals surface area contributed by atoms with Crippen LogP contribution < -0.4 is 0 Å². The summed E-state index contributed by atoms with van der Waals surface area (Å²) in [7, 11) is 0. The van der Waals surface area contributed by atoms with Crippen molar-refractivity contribution in [3.05, 3.63) is 11.8 Å². The monoisotopic (exact) mass is 156 g/mol. The quantitative estimate of drug-likeness (QED) is 0.504. The van der Waals surface area contributed by atoms with Gasteiger partial charge < -0.3 is 9.47 Å². The fraction of sp³-hybridized carbons (Fsp3) is 0.625. The average Bonchev–Trinajstić information content (AvgIpc) is 1.86. The van der Waals surface area contributed by atoms with Crippen molar-refractivity contribution in [3.8, 4) is 0 Å². The van der Waals surface area contributed by atoms with Crippen LogP contribution in [0.2, 0.25) is 0 Å². The molecule has 0 aromatic rings. The summed E-state index contributed by atoms with van der Waals surface area (Å²) in [6.07, 6.45) is 1.18. The molecule has 0 radical (unpaired) electrons. The number of cyclic esters (lactones) is 2. The van der Waals surface area contributed by atoms with E-state index in [0.29, 0.717) is 12.4 Å². The summed E-state index contributed by atoms with van der Waals surface area (Å²) in [5.74, 6) is 0.689. The maximum atomic E-state index is 10.6. The van der Waals surface area contributed by atoms with E-state index in [9.17, 15) is 4.79 Å². The molecule has 0 amide bonds. The second-order valence-corrected chi connectivity index (χ2v) is 3.48. The van der Waals surface area contributed by atoms with Crippen LogP contribution in [0.5, 0.6) is 0 Å². The Kier molecular flexibility index (Phi) is 1.89. The first-order valence-corrected chi connectivity index (χ1v) is 3.55. The molecule has 0 spiro atoms. The minimum Gasteiger partial charge on any atom is -0.430 e. The lowest BCUT2D eigenvalue weighted by atomic mass is 9.93. The van der Waals surface area contributed by atoms with E-state index in [2.05, 4.69) is 4.74 Å². The molecule has 1 aliphatic heterocycles. The van der Waals surface area contributed by atoms with Crippen LogP contribution in [0.25, 0.3) is 0 Å². The smallest absolute Gasteiger partial charge is 0.430 e. The van der Waals surface area contributed by atoms with Gasteiger partial charge in [0.1, 0.15) is 12.4 Å². The highest BCUT2D eigenvalue weighted by Gasteiger charge is 2.24. The molecule has 1 rings (SSSR count). The number of carbonyl (C=O) groups is 1. The van der Waals surface area contributed by atoms with E-state index < -0.39 is 6.16 Å². The second-order valence-electron chi connectivity index (χ2n) is 3.48. The average molecular weight is 156 g/mol. The number of hydrogen-bond acceptors (Lipinski definition) is 3. The SMILES string of the molecule is CC(C)(C)C1=CCOC(=O)O1. The molecule has 3 nitrogen and oxygen atoms in total. The summed E-state index contributed by atoms with van der Waals surface area (Å²) in [4.78, 5) is 10.6. The summed E-state index contributed by atoms with van der Waals surface area (Å²) < 4.78 is 9.42. The van der Waals surface area contributed by atoms with Crippen LogP contribution in [-0.4, -0.2) is 12.8 Å². The standard InChI is InChI=1S/C8H12O3/c1-8(2,3)6-4-5-10-7(9)11-6/h4H,5H2,1-3H3. The van der Waals surface area contributed by atoms with Gasteiger partial charge in [-0.15, -0.1) is 0 Å². The molecule has 11 heavy (non-hydrogen) atoms. The first-order valence-electron chi connectivity index (χ1n) is 3.55. The zero-order chi connectivity index (χ0) is 8.48. The van der Waals surface area contributed by atoms with Gasteiger partial charge in [-0.1, -0.05) is 20.8 Å². The van der Waals surface area contributed by atoms with E-state index >= 15 is 0 Å². The van der Waals surface area contributed by atoms with Gasteiger partial charge in [0.05, 0.1) is 0 Å². The van der Waals surface area contributed by atoms with Crippen LogP contribution in [0.1, 0.15) is 20.8 Å². The van der Waals surface area contributed by atoms with Crippen molar-refractivity contribution < 1.29 is 14.3 Å². The highest BCUT2D eigenvalue weighted by atomic mass is 16.7. The van der Waals surface area contributed by atoms with Gasteiger partial charge in [-0.05, 0) is 6.08 Å². The maximum absolute atomic E-state index is 10.6. The molecule has 0 saturated heterocycles. The third kappa shape index (κ3) is 1.97. The second kappa shape index (κ2) is 2.57. The lowest BCUT2D eigenvalue weighted by molar-refractivity contribution is 0.0568. The van der Waals surface area contributed by atoms with Crippen molar-refractivity contribution in [3.63, 3.8) is 0 Å². The molecule has 1 heterocycles. The van der Waals surface area contributed by atoms with E-state index in [4.69, 9.17) is 4.74 Å². The van der Waals surface area contributed by atoms with E-state index in [1.54, 1.807) is 6.08 Å². The molecule has 0 aliphatic carbocycles. The van der Waals surface area contributed by atoms with Gasteiger partial charge in [0.15, 0.2) is 0 Å². The van der Waals surface area contributed by atoms with Gasteiger partial charge in [0.2, 0.25) is 0 Å². The van der Waals surface area contributed by atoms with Crippen LogP contribution in [0, 0.1) is 5.41 Å². The van der Waals surface area contributed by atoms with Gasteiger partial charge in [-0.2, -0.15) is 0 Å². The predicted octanol–water partition coefficient (Wildman–Crippen LogP) is 2.08. The van der Waals surface area contributed by atoms with E-state index in [1.807, 2.05) is 20.8 Å². The first kappa shape index (κ1) is 8.11. The maximum Gasteiger partial charge on any atom is 0.513 e. The molecular weight excluding hydrogens is 144 g/mol. The topological polar surface area (TPSA) is 35.5 Å². The molecule has 0 saturated carbocycles. The molecule has 62 valence electrons. The van der Waals surface area contributed by atoms with Crippen molar-refractivity contribution in [2.24, 2.45) is 5.41 Å². The third-order valence-electron chi connectivity index (χ3n) is 1.40. The molecule has 0 aromatic heterocycles. The summed E-state index contributed by atoms with van der Waals surface area (Å²) in [5, 5.41) is 0. The Balaban J connectivity index is 2.73. The molecule has 0 N–H and O–H groups in total. The molecule has 0 aromatic carbocycles. The Morgan fingerprint density at radius 3 is 2.45 bits per heavy atom. The fourth-order valence-electron chi connectivity index (χ4n) is 0.806. The van der Waals surface area contributed by atoms with Crippen molar-refractivity contribution in [1.29, 1.82) is 0 Å². The first-order chi connectivity index (χ1) is 5.00. The summed E-state index contributed by atoms with van der Waals surface area (Å²) in [6.45, 7) is 6.28. The van der Waals surface area contributed by atoms with Gasteiger partial charge >= 0.3 is 6.16 Å². The number of hydrogen-bond donors (Lipinski definition) is 0. The summed E-state index contributed by atoms with van der Waals surface area (Å²) in [5.41, 5.74) is -0.112. The van der Waals surface area contributed by atoms with Crippen LogP contribution in [0.4, 0.5) is 4.79 Å². The third-order valence-corrected chi connectivity index (χ3v) is 1.40. The largest absolute Gasteiger partial charge is 0.513 e. The molecule has 1 aliphatic rings. The highest BCUT2D eigenvalue weighted by molar-refractivity contribution is 5.62. The minimum atomic E-state index is -0.600. The van der Waals surface area contributed by atoms with Gasteiger partial charge in [-0.3, -0.25) is 0 Å². The Hall–Kier alpha value is -0.990. The fourth-order valence-corrected chi connectivity index (χ4v) is 0.806. The highest BCUT2D eigenvalue weighted by Crippen LogP contribution is 2.27. The van der Waals surface area contributed by atoms with Crippen LogP contribution in [0.15, 0.2) is 11.8 Å². The molecule has 0 atom stereocenters. The molecule has 0 unspecified atom stereocenters. The Morgan fingerprint density at radius 2 is 2.09 bits per heavy atom. The summed E-state index contributed by atoms with van der Waals surface area (Å²) in [6, 6.07) is 0. The number of allylic oxidation sites excluding steroid dienone is 1. The number of ether oxygens (including phenoxy) is 2. The molecule has 3 heteroatoms. The van der Waals surface area contributed by atoms with E-state index in [1.165, 1.54) is 0 Å². The lowest BCUT2D eigenvalue weighted by Gasteiger charge is -2.24. The Labute approximate surface area is 66.0 Å². The van der Waals surface area contributed by atoms with Crippen molar-refractivity contribution >= 4 is 6.16 Å². The lowest BCUT2D eigenvalue weighted by Crippen LogP contribution is -2.21. The van der Waals surface area contributed by atoms with Gasteiger partial charge in [0.25, 0.3) is 0 Å². The van der Waals surface area contributed by atoms with E-state index in [-0.39, 0.29) is 5.41 Å². The zero-order valence-electron chi connectivity index (χ0n) is 7.01. The van der Waals surface area contributed by atoms with Gasteiger partial charge in [0, 0.05) is 5.41 Å². The molecule has 0 bridgehead atoms. The van der Waals surface area contributed by atoms with Crippen molar-refractivity contribution in [2.45, 2.75) is 20.8 Å². The Bertz CT molecular complexity index is 198. The molecular formula is C8H12O3. The van der Waals surface area contributed by atoms with Crippen LogP contribution in [-0.2, 0) is 9.47 Å². The van der Waals surface area contributed by atoms with Crippen LogP contribution >= 0.6 is 0 Å². The van der Waals surface area contributed by atoms with E-state index in [0.717, 1.165) is 0 Å². The van der Waals surface area contributed by atoms with Crippen LogP contribution in [0.3, 0.4) is 0 Å². The minimum absolute atomic E-state index is 0.112. The Morgan fingerprint density at radius 1 is 1.45 bits per heavy atom. The normalized spacial score (nSPS) is 18.5.